The van der Waals surface area contributed by atoms with Gasteiger partial charge in [-0.2, -0.15) is 0 Å². The minimum absolute atomic E-state index is 0.115. The van der Waals surface area contributed by atoms with Gasteiger partial charge in [-0.1, -0.05) is 66.7 Å². The monoisotopic (exact) mass is 389 g/mol. The normalized spacial score (nSPS) is 12.4. The maximum atomic E-state index is 6.52. The Bertz CT molecular complexity index is 924. The second kappa shape index (κ2) is 10.3. The van der Waals surface area contributed by atoms with E-state index < -0.39 is 0 Å². The van der Waals surface area contributed by atoms with Crippen molar-refractivity contribution in [1.82, 2.24) is 0 Å². The average Bonchev–Trinajstić information content (AvgIpc) is 2.78. The van der Waals surface area contributed by atoms with Gasteiger partial charge in [0.15, 0.2) is 11.5 Å². The fourth-order valence-corrected chi connectivity index (χ4v) is 3.45. The third-order valence-electron chi connectivity index (χ3n) is 5.05. The predicted octanol–water partition coefficient (Wildman–Crippen LogP) is 2.71. The topological polar surface area (TPSA) is 58.5 Å². The summed E-state index contributed by atoms with van der Waals surface area (Å²) in [5.41, 5.74) is 10.2. The number of nitrogens with one attached hydrogen (secondary N) is 1. The molecule has 3 rings (SSSR count). The average molecular weight is 390 g/mol. The molecule has 0 saturated carbocycles. The Morgan fingerprint density at radius 2 is 1.48 bits per heavy atom. The van der Waals surface area contributed by atoms with Crippen LogP contribution in [-0.4, -0.2) is 26.6 Å². The van der Waals surface area contributed by atoms with E-state index in [0.29, 0.717) is 0 Å². The van der Waals surface area contributed by atoms with Crippen molar-refractivity contribution in [3.63, 3.8) is 0 Å². The van der Waals surface area contributed by atoms with Crippen molar-refractivity contribution in [2.75, 3.05) is 20.8 Å². The fraction of sp³-hybridized carbons (Fsp3) is 0.240. The van der Waals surface area contributed by atoms with Gasteiger partial charge in [-0.15, -0.1) is 0 Å². The van der Waals surface area contributed by atoms with Gasteiger partial charge in [0.25, 0.3) is 0 Å². The molecule has 1 unspecified atom stereocenters. The van der Waals surface area contributed by atoms with Gasteiger partial charge in [0.05, 0.1) is 26.7 Å². The van der Waals surface area contributed by atoms with E-state index in [1.54, 1.807) is 14.2 Å². The molecule has 0 heterocycles. The van der Waals surface area contributed by atoms with E-state index in [0.717, 1.165) is 36.7 Å². The summed E-state index contributed by atoms with van der Waals surface area (Å²) >= 11 is 0. The number of rotatable bonds is 9. The Morgan fingerprint density at radius 1 is 0.828 bits per heavy atom. The Balaban J connectivity index is 1.73. The summed E-state index contributed by atoms with van der Waals surface area (Å²) in [5.74, 6) is 2.39. The molecule has 0 saturated heterocycles. The maximum Gasteiger partial charge on any atom is 0.248 e. The van der Waals surface area contributed by atoms with Crippen molar-refractivity contribution in [2.45, 2.75) is 18.8 Å². The number of ether oxygens (including phenoxy) is 2. The molecule has 150 valence electrons. The fourth-order valence-electron chi connectivity index (χ4n) is 3.45. The highest BCUT2D eigenvalue weighted by atomic mass is 16.5. The van der Waals surface area contributed by atoms with Crippen LogP contribution in [0.3, 0.4) is 0 Å². The second-order valence-corrected chi connectivity index (χ2v) is 6.97. The first-order valence-electron chi connectivity index (χ1n) is 9.87. The molecule has 3 aromatic carbocycles. The molecule has 0 aliphatic carbocycles. The lowest BCUT2D eigenvalue weighted by atomic mass is 9.91. The summed E-state index contributed by atoms with van der Waals surface area (Å²) in [6.45, 7) is 0.749. The molecule has 4 nitrogen and oxygen atoms in total. The van der Waals surface area contributed by atoms with Crippen LogP contribution in [0.4, 0.5) is 0 Å². The van der Waals surface area contributed by atoms with Crippen LogP contribution in [0.2, 0.25) is 0 Å². The molecule has 0 aliphatic rings. The zero-order valence-electron chi connectivity index (χ0n) is 17.1. The van der Waals surface area contributed by atoms with Gasteiger partial charge in [-0.25, -0.2) is 0 Å². The van der Waals surface area contributed by atoms with Crippen LogP contribution in [0.5, 0.6) is 11.5 Å². The van der Waals surface area contributed by atoms with Crippen LogP contribution in [0.1, 0.15) is 22.6 Å². The van der Waals surface area contributed by atoms with Crippen LogP contribution in [0.25, 0.3) is 0 Å². The van der Waals surface area contributed by atoms with Crippen LogP contribution in [-0.2, 0) is 12.8 Å². The van der Waals surface area contributed by atoms with Crippen molar-refractivity contribution < 1.29 is 14.5 Å². The zero-order chi connectivity index (χ0) is 20.5. The van der Waals surface area contributed by atoms with Crippen LogP contribution < -0.4 is 20.2 Å². The predicted molar refractivity (Wildman–Crippen MR) is 118 cm³/mol. The lowest BCUT2D eigenvalue weighted by Gasteiger charge is -2.14. The smallest absolute Gasteiger partial charge is 0.248 e. The van der Waals surface area contributed by atoms with Crippen molar-refractivity contribution in [1.29, 1.82) is 0 Å². The largest absolute Gasteiger partial charge is 0.493 e. The van der Waals surface area contributed by atoms with Crippen molar-refractivity contribution in [3.05, 3.63) is 95.6 Å². The maximum absolute atomic E-state index is 6.52. The van der Waals surface area contributed by atoms with Gasteiger partial charge in [0.1, 0.15) is 0 Å². The minimum Gasteiger partial charge on any atom is -0.493 e. The Morgan fingerprint density at radius 3 is 2.14 bits per heavy atom. The van der Waals surface area contributed by atoms with Crippen molar-refractivity contribution >= 4 is 5.84 Å². The Hall–Kier alpha value is -3.27. The molecule has 0 amide bonds. The van der Waals surface area contributed by atoms with Crippen molar-refractivity contribution in [2.24, 2.45) is 5.73 Å². The van der Waals surface area contributed by atoms with E-state index in [4.69, 9.17) is 15.2 Å². The second-order valence-electron chi connectivity index (χ2n) is 6.97. The number of hydrogen-bond acceptors (Lipinski definition) is 2. The van der Waals surface area contributed by atoms with E-state index in [9.17, 15) is 0 Å². The van der Waals surface area contributed by atoms with Gasteiger partial charge in [-0.05, 0) is 35.2 Å². The highest BCUT2D eigenvalue weighted by Crippen LogP contribution is 2.27. The van der Waals surface area contributed by atoms with E-state index >= 15 is 0 Å². The first kappa shape index (κ1) is 20.5. The summed E-state index contributed by atoms with van der Waals surface area (Å²) in [5, 5.41) is 0. The number of methoxy groups -OCH3 is 2. The Labute approximate surface area is 173 Å². The lowest BCUT2D eigenvalue weighted by molar-refractivity contribution is -0.459. The highest BCUT2D eigenvalue weighted by Gasteiger charge is 2.20. The third-order valence-corrected chi connectivity index (χ3v) is 5.05. The first-order valence-corrected chi connectivity index (χ1v) is 9.87. The molecular weight excluding hydrogens is 360 g/mol. The molecule has 0 aromatic heterocycles. The number of nitrogens with two attached hydrogens (primary N) is 1. The van der Waals surface area contributed by atoms with Gasteiger partial charge in [-0.3, -0.25) is 10.7 Å². The molecule has 3 aromatic rings. The first-order chi connectivity index (χ1) is 14.2. The Kier molecular flexibility index (Phi) is 7.28. The van der Waals surface area contributed by atoms with Crippen molar-refractivity contribution in [3.8, 4) is 11.5 Å². The van der Waals surface area contributed by atoms with Crippen LogP contribution in [0, 0.1) is 0 Å². The molecule has 0 bridgehead atoms. The van der Waals surface area contributed by atoms with E-state index in [1.165, 1.54) is 16.7 Å². The zero-order valence-corrected chi connectivity index (χ0v) is 17.1. The molecule has 0 aliphatic heterocycles. The van der Waals surface area contributed by atoms with E-state index in [2.05, 4.69) is 59.6 Å². The standard InChI is InChI=1S/C25H28N2O2/c1-28-23-14-13-20(18-24(23)29-2)15-16-27-25(26)22(21-11-7-4-8-12-21)17-19-9-5-3-6-10-19/h3-14,18,22H,15-17H2,1-2H3,(H2,26,27)/p+1. The summed E-state index contributed by atoms with van der Waals surface area (Å²) in [6.07, 6.45) is 1.70. The van der Waals surface area contributed by atoms with Crippen LogP contribution >= 0.6 is 0 Å². The summed E-state index contributed by atoms with van der Waals surface area (Å²) in [4.78, 5) is 3.44. The molecule has 0 spiro atoms. The van der Waals surface area contributed by atoms with Gasteiger partial charge < -0.3 is 9.47 Å². The summed E-state index contributed by atoms with van der Waals surface area (Å²) in [7, 11) is 3.30. The lowest BCUT2D eigenvalue weighted by Crippen LogP contribution is -2.77. The number of hydrogen-bond donors (Lipinski definition) is 2. The third kappa shape index (κ3) is 5.61. The molecule has 29 heavy (non-hydrogen) atoms. The summed E-state index contributed by atoms with van der Waals surface area (Å²) < 4.78 is 10.7. The van der Waals surface area contributed by atoms with E-state index in [1.807, 2.05) is 24.3 Å². The van der Waals surface area contributed by atoms with Gasteiger partial charge >= 0.3 is 0 Å². The van der Waals surface area contributed by atoms with Gasteiger partial charge in [0, 0.05) is 6.42 Å². The highest BCUT2D eigenvalue weighted by molar-refractivity contribution is 5.82. The molecular formula is C25H29N2O2+. The molecule has 1 atom stereocenters. The molecule has 0 radical (unpaired) electrons. The quantitative estimate of drug-likeness (QED) is 0.437. The SMILES string of the molecule is COc1ccc(CC[NH+]=C(N)C(Cc2ccccc2)c2ccccc2)cc1OC. The molecule has 0 fully saturated rings. The minimum atomic E-state index is 0.115. The number of amidine groups is 1. The van der Waals surface area contributed by atoms with Crippen LogP contribution in [0.15, 0.2) is 78.9 Å². The molecule has 4 heteroatoms. The summed E-state index contributed by atoms with van der Waals surface area (Å²) in [6, 6.07) is 26.9. The van der Waals surface area contributed by atoms with E-state index in [-0.39, 0.29) is 5.92 Å². The van der Waals surface area contributed by atoms with Gasteiger partial charge in [0.2, 0.25) is 5.84 Å². The molecule has 3 N–H and O–H groups in total. The number of benzene rings is 3.